The van der Waals surface area contributed by atoms with Crippen LogP contribution in [0.15, 0.2) is 0 Å². The number of halogens is 1. The van der Waals surface area contributed by atoms with Gasteiger partial charge in [0.05, 0.1) is 12.6 Å². The van der Waals surface area contributed by atoms with Crippen LogP contribution in [0.2, 0.25) is 0 Å². The van der Waals surface area contributed by atoms with E-state index in [1.807, 2.05) is 39.8 Å². The topological polar surface area (TPSA) is 23.6 Å². The molecule has 1 aliphatic rings. The van der Waals surface area contributed by atoms with Gasteiger partial charge in [-0.2, -0.15) is 0 Å². The van der Waals surface area contributed by atoms with Gasteiger partial charge in [-0.05, 0) is 14.1 Å². The lowest BCUT2D eigenvalue weighted by Crippen LogP contribution is -2.40. The Morgan fingerprint density at radius 1 is 1.33 bits per heavy atom. The van der Waals surface area contributed by atoms with E-state index in [2.05, 4.69) is 0 Å². The van der Waals surface area contributed by atoms with Gasteiger partial charge < -0.3 is 9.80 Å². The Hall–Kier alpha value is -0.640. The lowest BCUT2D eigenvalue weighted by Gasteiger charge is -2.26. The first-order valence-corrected chi connectivity index (χ1v) is 5.33. The molecule has 0 bridgehead atoms. The van der Waals surface area contributed by atoms with E-state index >= 15 is 0 Å². The van der Waals surface area contributed by atoms with E-state index in [1.165, 1.54) is 0 Å². The summed E-state index contributed by atoms with van der Waals surface area (Å²) < 4.78 is 13.6. The van der Waals surface area contributed by atoms with Gasteiger partial charge in [-0.1, -0.05) is 20.8 Å². The third-order valence-electron chi connectivity index (χ3n) is 2.81. The summed E-state index contributed by atoms with van der Waals surface area (Å²) in [7, 11) is 3.70. The van der Waals surface area contributed by atoms with Crippen molar-refractivity contribution in [3.8, 4) is 0 Å². The lowest BCUT2D eigenvalue weighted by molar-refractivity contribution is -0.138. The largest absolute Gasteiger partial charge is 0.338 e. The minimum absolute atomic E-state index is 0.0366. The van der Waals surface area contributed by atoms with Crippen molar-refractivity contribution in [2.45, 2.75) is 33.0 Å². The number of hydrogen-bond acceptors (Lipinski definition) is 2. The SMILES string of the molecule is CN(C)[C@H]1CN(C(=O)C(C)(C)C)C[C@@H]1F. The highest BCUT2D eigenvalue weighted by Crippen LogP contribution is 2.24. The average Bonchev–Trinajstić information content (AvgIpc) is 2.44. The van der Waals surface area contributed by atoms with Crippen LogP contribution in [0.4, 0.5) is 4.39 Å². The molecule has 0 unspecified atom stereocenters. The molecule has 0 spiro atoms. The molecule has 4 heteroatoms. The van der Waals surface area contributed by atoms with Crippen LogP contribution in [0.3, 0.4) is 0 Å². The molecule has 1 fully saturated rings. The second-order valence-corrected chi connectivity index (χ2v) is 5.51. The zero-order chi connectivity index (χ0) is 11.8. The Balaban J connectivity index is 2.67. The molecule has 3 nitrogen and oxygen atoms in total. The summed E-state index contributed by atoms with van der Waals surface area (Å²) in [5.41, 5.74) is -0.416. The van der Waals surface area contributed by atoms with Crippen LogP contribution in [0, 0.1) is 5.41 Å². The molecule has 1 amide bonds. The fraction of sp³-hybridized carbons (Fsp3) is 0.909. The molecule has 0 radical (unpaired) electrons. The predicted molar refractivity (Wildman–Crippen MR) is 58.4 cm³/mol. The van der Waals surface area contributed by atoms with Gasteiger partial charge in [0.2, 0.25) is 5.91 Å². The number of likely N-dealkylation sites (N-methyl/N-ethyl adjacent to an activating group) is 1. The molecule has 15 heavy (non-hydrogen) atoms. The molecule has 0 aliphatic carbocycles. The van der Waals surface area contributed by atoms with E-state index in [-0.39, 0.29) is 18.5 Å². The molecule has 0 aromatic heterocycles. The number of alkyl halides is 1. The fourth-order valence-electron chi connectivity index (χ4n) is 1.87. The van der Waals surface area contributed by atoms with Gasteiger partial charge in [-0.15, -0.1) is 0 Å². The minimum Gasteiger partial charge on any atom is -0.338 e. The van der Waals surface area contributed by atoms with Crippen molar-refractivity contribution in [2.24, 2.45) is 5.41 Å². The number of rotatable bonds is 1. The van der Waals surface area contributed by atoms with Crippen molar-refractivity contribution in [3.05, 3.63) is 0 Å². The zero-order valence-electron chi connectivity index (χ0n) is 10.2. The quantitative estimate of drug-likeness (QED) is 0.656. The fourth-order valence-corrected chi connectivity index (χ4v) is 1.87. The Bertz CT molecular complexity index is 247. The summed E-state index contributed by atoms with van der Waals surface area (Å²) in [5.74, 6) is 0.0366. The number of carbonyl (C=O) groups is 1. The molecule has 2 atom stereocenters. The summed E-state index contributed by atoms with van der Waals surface area (Å²) in [6, 6.07) is -0.156. The first-order chi connectivity index (χ1) is 6.73. The first kappa shape index (κ1) is 12.4. The molecule has 0 N–H and O–H groups in total. The summed E-state index contributed by atoms with van der Waals surface area (Å²) in [6.45, 7) is 6.34. The van der Waals surface area contributed by atoms with E-state index in [9.17, 15) is 9.18 Å². The van der Waals surface area contributed by atoms with Gasteiger partial charge in [-0.3, -0.25) is 4.79 Å². The standard InChI is InChI=1S/C11H21FN2O/c1-11(2,3)10(15)14-6-8(12)9(7-14)13(4)5/h8-9H,6-7H2,1-5H3/t8-,9-/m0/s1. The van der Waals surface area contributed by atoms with Crippen molar-refractivity contribution < 1.29 is 9.18 Å². The number of nitrogens with zero attached hydrogens (tertiary/aromatic N) is 2. The van der Waals surface area contributed by atoms with Crippen LogP contribution in [-0.4, -0.2) is 55.1 Å². The van der Waals surface area contributed by atoms with Gasteiger partial charge in [0, 0.05) is 12.0 Å². The van der Waals surface area contributed by atoms with Gasteiger partial charge in [0.15, 0.2) is 0 Å². The van der Waals surface area contributed by atoms with Crippen LogP contribution in [0.5, 0.6) is 0 Å². The first-order valence-electron chi connectivity index (χ1n) is 5.33. The zero-order valence-corrected chi connectivity index (χ0v) is 10.2. The molecule has 0 saturated carbocycles. The maximum absolute atomic E-state index is 13.6. The van der Waals surface area contributed by atoms with Gasteiger partial charge >= 0.3 is 0 Å². The van der Waals surface area contributed by atoms with Gasteiger partial charge in [0.1, 0.15) is 6.17 Å². The Labute approximate surface area is 91.2 Å². The third kappa shape index (κ3) is 2.68. The molecule has 0 aromatic carbocycles. The number of carbonyl (C=O) groups excluding carboxylic acids is 1. The van der Waals surface area contributed by atoms with Gasteiger partial charge in [0.25, 0.3) is 0 Å². The van der Waals surface area contributed by atoms with Crippen molar-refractivity contribution in [1.29, 1.82) is 0 Å². The highest BCUT2D eigenvalue weighted by atomic mass is 19.1. The van der Waals surface area contributed by atoms with Crippen LogP contribution in [0.1, 0.15) is 20.8 Å². The van der Waals surface area contributed by atoms with Crippen molar-refractivity contribution in [1.82, 2.24) is 9.80 Å². The van der Waals surface area contributed by atoms with Crippen LogP contribution in [0.25, 0.3) is 0 Å². The normalized spacial score (nSPS) is 27.5. The lowest BCUT2D eigenvalue weighted by atomic mass is 9.95. The Kier molecular flexibility index (Phi) is 3.38. The van der Waals surface area contributed by atoms with Crippen molar-refractivity contribution >= 4 is 5.91 Å². The van der Waals surface area contributed by atoms with Gasteiger partial charge in [-0.25, -0.2) is 4.39 Å². The summed E-state index contributed by atoms with van der Waals surface area (Å²) >= 11 is 0. The highest BCUT2D eigenvalue weighted by molar-refractivity contribution is 5.81. The van der Waals surface area contributed by atoms with E-state index in [0.717, 1.165) is 0 Å². The molecular weight excluding hydrogens is 195 g/mol. The van der Waals surface area contributed by atoms with Crippen LogP contribution in [-0.2, 0) is 4.79 Å². The Morgan fingerprint density at radius 3 is 2.20 bits per heavy atom. The van der Waals surface area contributed by atoms with Crippen molar-refractivity contribution in [3.63, 3.8) is 0 Å². The average molecular weight is 216 g/mol. The maximum Gasteiger partial charge on any atom is 0.228 e. The predicted octanol–water partition coefficient (Wildman–Crippen LogP) is 1.14. The van der Waals surface area contributed by atoms with Crippen LogP contribution < -0.4 is 0 Å². The molecule has 0 aromatic rings. The minimum atomic E-state index is -0.925. The second kappa shape index (κ2) is 4.08. The molecule has 1 heterocycles. The molecule has 88 valence electrons. The number of amides is 1. The number of likely N-dealkylation sites (tertiary alicyclic amines) is 1. The van der Waals surface area contributed by atoms with Crippen molar-refractivity contribution in [2.75, 3.05) is 27.2 Å². The molecule has 1 aliphatic heterocycles. The van der Waals surface area contributed by atoms with E-state index in [0.29, 0.717) is 6.54 Å². The maximum atomic E-state index is 13.6. The van der Waals surface area contributed by atoms with E-state index in [1.54, 1.807) is 4.90 Å². The summed E-state index contributed by atoms with van der Waals surface area (Å²) in [6.07, 6.45) is -0.925. The van der Waals surface area contributed by atoms with E-state index in [4.69, 9.17) is 0 Å². The molecular formula is C11H21FN2O. The smallest absolute Gasteiger partial charge is 0.228 e. The highest BCUT2D eigenvalue weighted by Gasteiger charge is 2.39. The summed E-state index contributed by atoms with van der Waals surface area (Å²) in [4.78, 5) is 15.4. The number of hydrogen-bond donors (Lipinski definition) is 0. The van der Waals surface area contributed by atoms with E-state index < -0.39 is 11.6 Å². The van der Waals surface area contributed by atoms with Crippen LogP contribution >= 0.6 is 0 Å². The molecule has 1 rings (SSSR count). The molecule has 1 saturated heterocycles. The monoisotopic (exact) mass is 216 g/mol. The second-order valence-electron chi connectivity index (χ2n) is 5.51. The Morgan fingerprint density at radius 2 is 1.87 bits per heavy atom. The summed E-state index contributed by atoms with van der Waals surface area (Å²) in [5, 5.41) is 0. The third-order valence-corrected chi connectivity index (χ3v) is 2.81.